The zero-order valence-corrected chi connectivity index (χ0v) is 18.9. The van der Waals surface area contributed by atoms with Crippen molar-refractivity contribution in [2.45, 2.75) is 50.5 Å². The average Bonchev–Trinajstić information content (AvgIpc) is 3.58. The highest BCUT2D eigenvalue weighted by Crippen LogP contribution is 2.38. The number of fused-ring (bicyclic) bond motifs is 1. The largest absolute Gasteiger partial charge is 0.394 e. The molecule has 0 saturated carbocycles. The Morgan fingerprint density at radius 1 is 1.17 bits per heavy atom. The molecule has 2 unspecified atom stereocenters. The lowest BCUT2D eigenvalue weighted by Crippen LogP contribution is -2.29. The maximum atomic E-state index is 10.7. The molecule has 1 aromatic carbocycles. The van der Waals surface area contributed by atoms with Crippen LogP contribution in [0.5, 0.6) is 0 Å². The summed E-state index contributed by atoms with van der Waals surface area (Å²) >= 11 is 0. The van der Waals surface area contributed by atoms with Gasteiger partial charge in [-0.3, -0.25) is 4.57 Å². The monoisotopic (exact) mass is 482 g/mol. The second-order valence-corrected chi connectivity index (χ2v) is 8.23. The van der Waals surface area contributed by atoms with Gasteiger partial charge in [0.1, 0.15) is 17.7 Å². The number of tetrazole rings is 1. The predicted molar refractivity (Wildman–Crippen MR) is 123 cm³/mol. The van der Waals surface area contributed by atoms with E-state index in [1.54, 1.807) is 0 Å². The normalized spacial score (nSPS) is 23.1. The van der Waals surface area contributed by atoms with Gasteiger partial charge in [0.25, 0.3) is 0 Å². The van der Waals surface area contributed by atoms with Crippen LogP contribution < -0.4 is 11.1 Å². The van der Waals surface area contributed by atoms with E-state index in [1.165, 1.54) is 15.7 Å². The van der Waals surface area contributed by atoms with Crippen molar-refractivity contribution in [3.8, 4) is 0 Å². The van der Waals surface area contributed by atoms with Crippen molar-refractivity contribution in [1.82, 2.24) is 39.7 Å². The topological polar surface area (TPSA) is 195 Å². The Bertz CT molecular complexity index is 1300. The van der Waals surface area contributed by atoms with Gasteiger partial charge in [0.05, 0.1) is 25.5 Å². The van der Waals surface area contributed by atoms with E-state index in [1.807, 2.05) is 37.3 Å². The number of nitrogen functional groups attached to an aromatic ring is 1. The van der Waals surface area contributed by atoms with Crippen molar-refractivity contribution in [2.24, 2.45) is 0 Å². The Labute approximate surface area is 199 Å². The van der Waals surface area contributed by atoms with E-state index >= 15 is 0 Å². The van der Waals surface area contributed by atoms with Crippen molar-refractivity contribution >= 4 is 22.9 Å². The number of aliphatic hydroxyl groups is 3. The molecular weight excluding hydrogens is 456 g/mol. The van der Waals surface area contributed by atoms with Crippen molar-refractivity contribution in [3.05, 3.63) is 48.0 Å². The fraction of sp³-hybridized carbons (Fsp3) is 0.429. The standard InChI is InChI=1S/C21H26N10O4/c1-2-31-28-18(27-29-31)16-14(33)15(34)20(35-16)30-10-23-13-17(22)25-21(26-19(13)30)24-12(9-32)8-11-6-4-3-5-7-11/h3-7,10,12,14-16,20,32-34H,2,8-9H2,1H3,(H3,22,24,25,26)/t12-,14-,15?,16-,20?/m0/s1. The highest BCUT2D eigenvalue weighted by atomic mass is 16.6. The Kier molecular flexibility index (Phi) is 6.25. The Morgan fingerprint density at radius 2 is 1.97 bits per heavy atom. The maximum absolute atomic E-state index is 10.7. The molecule has 6 N–H and O–H groups in total. The number of rotatable bonds is 8. The molecule has 14 heteroatoms. The number of anilines is 2. The average molecular weight is 483 g/mol. The van der Waals surface area contributed by atoms with E-state index in [2.05, 4.69) is 35.7 Å². The number of hydrogen-bond acceptors (Lipinski definition) is 12. The molecule has 3 aromatic heterocycles. The Hall–Kier alpha value is -3.72. The van der Waals surface area contributed by atoms with Crippen LogP contribution >= 0.6 is 0 Å². The second kappa shape index (κ2) is 9.50. The van der Waals surface area contributed by atoms with Crippen molar-refractivity contribution < 1.29 is 20.1 Å². The Balaban J connectivity index is 1.42. The zero-order valence-electron chi connectivity index (χ0n) is 18.9. The molecule has 184 valence electrons. The molecule has 5 rings (SSSR count). The fourth-order valence-corrected chi connectivity index (χ4v) is 4.04. The number of nitrogens with two attached hydrogens (primary N) is 1. The van der Waals surface area contributed by atoms with Crippen molar-refractivity contribution in [3.63, 3.8) is 0 Å². The second-order valence-electron chi connectivity index (χ2n) is 8.23. The molecule has 5 atom stereocenters. The number of aromatic nitrogens is 8. The summed E-state index contributed by atoms with van der Waals surface area (Å²) in [7, 11) is 0. The van der Waals surface area contributed by atoms with Crippen LogP contribution in [-0.2, 0) is 17.7 Å². The SMILES string of the molecule is CCn1nnc([C@H]2OC(n3cnc4c(N)nc(N[C@H](CO)Cc5ccccc5)nc43)C(O)[C@@H]2O)n1. The van der Waals surface area contributed by atoms with Crippen molar-refractivity contribution in [1.29, 1.82) is 0 Å². The lowest BCUT2D eigenvalue weighted by Gasteiger charge is -2.18. The van der Waals surface area contributed by atoms with Crippen LogP contribution in [0.15, 0.2) is 36.7 Å². The molecule has 0 bridgehead atoms. The molecule has 4 aromatic rings. The van der Waals surface area contributed by atoms with E-state index in [0.29, 0.717) is 24.1 Å². The fourth-order valence-electron chi connectivity index (χ4n) is 4.04. The summed E-state index contributed by atoms with van der Waals surface area (Å²) in [6.45, 7) is 2.20. The van der Waals surface area contributed by atoms with Crippen LogP contribution in [0.1, 0.15) is 30.6 Å². The minimum atomic E-state index is -1.32. The molecule has 1 aliphatic rings. The number of nitrogens with one attached hydrogen (secondary N) is 1. The highest BCUT2D eigenvalue weighted by molar-refractivity contribution is 5.83. The third-order valence-electron chi connectivity index (χ3n) is 5.85. The Morgan fingerprint density at radius 3 is 2.69 bits per heavy atom. The van der Waals surface area contributed by atoms with Gasteiger partial charge in [-0.25, -0.2) is 4.98 Å². The van der Waals surface area contributed by atoms with Gasteiger partial charge in [0.15, 0.2) is 23.8 Å². The first kappa shape index (κ1) is 23.0. The van der Waals surface area contributed by atoms with Gasteiger partial charge < -0.3 is 31.1 Å². The van der Waals surface area contributed by atoms with Gasteiger partial charge in [0.2, 0.25) is 11.8 Å². The van der Waals surface area contributed by atoms with E-state index in [-0.39, 0.29) is 30.2 Å². The molecule has 0 radical (unpaired) electrons. The third-order valence-corrected chi connectivity index (χ3v) is 5.85. The van der Waals surface area contributed by atoms with Crippen LogP contribution in [0, 0.1) is 0 Å². The molecule has 1 saturated heterocycles. The first-order valence-corrected chi connectivity index (χ1v) is 11.2. The summed E-state index contributed by atoms with van der Waals surface area (Å²) < 4.78 is 7.40. The molecule has 1 fully saturated rings. The molecule has 4 heterocycles. The van der Waals surface area contributed by atoms with E-state index in [4.69, 9.17) is 10.5 Å². The summed E-state index contributed by atoms with van der Waals surface area (Å²) in [5.41, 5.74) is 7.76. The molecule has 0 spiro atoms. The molecule has 0 aliphatic carbocycles. The van der Waals surface area contributed by atoms with Gasteiger partial charge >= 0.3 is 0 Å². The number of benzene rings is 1. The minimum absolute atomic E-state index is 0.116. The first-order valence-electron chi connectivity index (χ1n) is 11.2. The molecule has 1 aliphatic heterocycles. The number of aryl methyl sites for hydroxylation is 1. The minimum Gasteiger partial charge on any atom is -0.394 e. The van der Waals surface area contributed by atoms with Crippen LogP contribution in [0.3, 0.4) is 0 Å². The molecule has 14 nitrogen and oxygen atoms in total. The van der Waals surface area contributed by atoms with E-state index < -0.39 is 24.5 Å². The van der Waals surface area contributed by atoms with Gasteiger partial charge in [0, 0.05) is 0 Å². The van der Waals surface area contributed by atoms with Gasteiger partial charge in [-0.1, -0.05) is 30.3 Å². The summed E-state index contributed by atoms with van der Waals surface area (Å²) in [5, 5.41) is 46.3. The maximum Gasteiger partial charge on any atom is 0.227 e. The third kappa shape index (κ3) is 4.39. The number of hydrogen-bond donors (Lipinski definition) is 5. The smallest absolute Gasteiger partial charge is 0.227 e. The number of nitrogens with zero attached hydrogens (tertiary/aromatic N) is 8. The quantitative estimate of drug-likeness (QED) is 0.215. The van der Waals surface area contributed by atoms with E-state index in [9.17, 15) is 15.3 Å². The first-order chi connectivity index (χ1) is 17.0. The zero-order chi connectivity index (χ0) is 24.5. The predicted octanol–water partition coefficient (Wildman–Crippen LogP) is -0.578. The number of aliphatic hydroxyl groups excluding tert-OH is 3. The summed E-state index contributed by atoms with van der Waals surface area (Å²) in [4.78, 5) is 14.4. The lowest BCUT2D eigenvalue weighted by atomic mass is 10.1. The van der Waals surface area contributed by atoms with Crippen LogP contribution in [0.2, 0.25) is 0 Å². The molecule has 0 amide bonds. The van der Waals surface area contributed by atoms with Gasteiger partial charge in [-0.15, -0.1) is 10.2 Å². The number of imidazole rings is 1. The highest BCUT2D eigenvalue weighted by Gasteiger charge is 2.47. The number of ether oxygens (including phenoxy) is 1. The summed E-state index contributed by atoms with van der Waals surface area (Å²) in [5.74, 6) is 0.460. The van der Waals surface area contributed by atoms with Crippen molar-refractivity contribution in [2.75, 3.05) is 17.7 Å². The van der Waals surface area contributed by atoms with Gasteiger partial charge in [-0.2, -0.15) is 14.8 Å². The molecule has 35 heavy (non-hydrogen) atoms. The lowest BCUT2D eigenvalue weighted by molar-refractivity contribution is -0.0384. The van der Waals surface area contributed by atoms with Crippen LogP contribution in [0.4, 0.5) is 11.8 Å². The summed E-state index contributed by atoms with van der Waals surface area (Å²) in [6.07, 6.45) is -2.69. The van der Waals surface area contributed by atoms with Crippen LogP contribution in [-0.4, -0.2) is 79.9 Å². The van der Waals surface area contributed by atoms with Gasteiger partial charge in [-0.05, 0) is 24.1 Å². The van der Waals surface area contributed by atoms with Crippen LogP contribution in [0.25, 0.3) is 11.2 Å². The summed E-state index contributed by atoms with van der Waals surface area (Å²) in [6, 6.07) is 9.34. The molecular formula is C21H26N10O4. The van der Waals surface area contributed by atoms with E-state index in [0.717, 1.165) is 5.56 Å².